The fourth-order valence-electron chi connectivity index (χ4n) is 2.96. The van der Waals surface area contributed by atoms with Gasteiger partial charge in [-0.2, -0.15) is 0 Å². The van der Waals surface area contributed by atoms with Crippen LogP contribution in [-0.4, -0.2) is 19.5 Å². The zero-order valence-electron chi connectivity index (χ0n) is 21.5. The summed E-state index contributed by atoms with van der Waals surface area (Å²) in [5, 5.41) is 19.1. The van der Waals surface area contributed by atoms with Gasteiger partial charge in [0.05, 0.1) is 0 Å². The molecule has 0 saturated carbocycles. The van der Waals surface area contributed by atoms with Crippen molar-refractivity contribution in [3.63, 3.8) is 0 Å². The Morgan fingerprint density at radius 1 is 0.735 bits per heavy atom. The summed E-state index contributed by atoms with van der Waals surface area (Å²) >= 11 is 2.00. The van der Waals surface area contributed by atoms with Gasteiger partial charge in [-0.15, -0.1) is 24.8 Å². The van der Waals surface area contributed by atoms with Gasteiger partial charge in [0.2, 0.25) is 0 Å². The maximum atomic E-state index is 9.57. The van der Waals surface area contributed by atoms with Gasteiger partial charge in [-0.1, -0.05) is 76.9 Å². The Kier molecular flexibility index (Phi) is 15.6. The van der Waals surface area contributed by atoms with Crippen LogP contribution in [0.5, 0.6) is 11.5 Å². The number of benzene rings is 2. The molecule has 3 aromatic rings. The third-order valence-corrected chi connectivity index (χ3v) is 5.29. The standard InChI is InChI=1S/2C11H16O.C6H5N.2ClH.Ti/c2*1-8-5-6-10(12)9(7-8)11(2,3)4;1-6-3-2-4-7-5-6;;;/h2*5-7,12H,1-4H3;1-5H;2*1H;. The van der Waals surface area contributed by atoms with Crippen LogP contribution in [0.25, 0.3) is 0 Å². The van der Waals surface area contributed by atoms with Crippen molar-refractivity contribution in [3.05, 3.63) is 88.7 Å². The Morgan fingerprint density at radius 2 is 1.15 bits per heavy atom. The van der Waals surface area contributed by atoms with Gasteiger partial charge >= 0.3 is 59.4 Å². The molecule has 0 amide bonds. The van der Waals surface area contributed by atoms with Crippen LogP contribution in [0.3, 0.4) is 0 Å². The van der Waals surface area contributed by atoms with Crippen molar-refractivity contribution >= 4 is 29.1 Å². The van der Waals surface area contributed by atoms with Crippen molar-refractivity contribution in [2.45, 2.75) is 66.2 Å². The summed E-state index contributed by atoms with van der Waals surface area (Å²) in [6.07, 6.45) is 3.60. The van der Waals surface area contributed by atoms with E-state index in [-0.39, 0.29) is 35.6 Å². The summed E-state index contributed by atoms with van der Waals surface area (Å²) in [5.41, 5.74) is 5.64. The zero-order chi connectivity index (χ0) is 24.5. The number of aryl methyl sites for hydroxylation is 2. The third-order valence-electron chi connectivity index (χ3n) is 4.77. The molecule has 0 saturated heterocycles. The predicted molar refractivity (Wildman–Crippen MR) is 147 cm³/mol. The van der Waals surface area contributed by atoms with Crippen molar-refractivity contribution < 1.29 is 30.2 Å². The fourth-order valence-corrected chi connectivity index (χ4v) is 3.23. The molecule has 34 heavy (non-hydrogen) atoms. The first-order chi connectivity index (χ1) is 14.8. The molecular formula is C28H39Cl2NO2Ti. The quantitative estimate of drug-likeness (QED) is 0.313. The first kappa shape index (κ1) is 34.5. The van der Waals surface area contributed by atoms with Gasteiger partial charge in [-0.3, -0.25) is 0 Å². The third kappa shape index (κ3) is 12.2. The summed E-state index contributed by atoms with van der Waals surface area (Å²) in [7, 11) is 0. The number of halogens is 2. The van der Waals surface area contributed by atoms with Crippen LogP contribution in [0.1, 0.15) is 69.4 Å². The second-order valence-electron chi connectivity index (χ2n) is 9.97. The fraction of sp³-hybridized carbons (Fsp3) is 0.357. The van der Waals surface area contributed by atoms with E-state index in [9.17, 15) is 10.2 Å². The molecule has 0 radical (unpaired) electrons. The molecule has 3 nitrogen and oxygen atoms in total. The molecule has 0 aliphatic heterocycles. The van der Waals surface area contributed by atoms with Gasteiger partial charge in [0.1, 0.15) is 11.5 Å². The Hall–Kier alpha value is -1.65. The topological polar surface area (TPSA) is 53.4 Å². The number of rotatable bonds is 1. The number of pyridine rings is 1. The summed E-state index contributed by atoms with van der Waals surface area (Å²) in [4.78, 5) is 3.92. The van der Waals surface area contributed by atoms with Crippen LogP contribution in [0.4, 0.5) is 0 Å². The number of hydrogen-bond donors (Lipinski definition) is 2. The van der Waals surface area contributed by atoms with Crippen molar-refractivity contribution in [2.75, 3.05) is 0 Å². The summed E-state index contributed by atoms with van der Waals surface area (Å²) in [6.45, 7) is 16.7. The molecule has 0 unspecified atom stereocenters. The van der Waals surface area contributed by atoms with E-state index in [1.165, 1.54) is 16.7 Å². The number of nitrogens with zero attached hydrogens (tertiary/aromatic N) is 1. The van der Waals surface area contributed by atoms with E-state index in [1.807, 2.05) is 80.7 Å². The molecule has 0 aliphatic carbocycles. The van der Waals surface area contributed by atoms with E-state index in [1.54, 1.807) is 18.3 Å². The summed E-state index contributed by atoms with van der Waals surface area (Å²) in [5.74, 6) is 0.793. The second-order valence-corrected chi connectivity index (χ2v) is 10.4. The normalized spacial score (nSPS) is 10.2. The Morgan fingerprint density at radius 3 is 1.38 bits per heavy atom. The van der Waals surface area contributed by atoms with Crippen LogP contribution < -0.4 is 0 Å². The van der Waals surface area contributed by atoms with Crippen molar-refractivity contribution in [2.24, 2.45) is 0 Å². The first-order valence-corrected chi connectivity index (χ1v) is 11.7. The van der Waals surface area contributed by atoms with Gasteiger partial charge in [-0.25, -0.2) is 0 Å². The minimum absolute atomic E-state index is 0. The molecule has 1 aromatic heterocycles. The molecular weight excluding hydrogens is 501 g/mol. The zero-order valence-corrected chi connectivity index (χ0v) is 24.7. The van der Waals surface area contributed by atoms with Gasteiger partial charge < -0.3 is 10.2 Å². The number of phenolic OH excluding ortho intramolecular Hbond substituents is 2. The van der Waals surface area contributed by atoms with Gasteiger partial charge in [0, 0.05) is 0 Å². The minimum atomic E-state index is 0. The predicted octanol–water partition coefficient (Wildman–Crippen LogP) is 7.62. The van der Waals surface area contributed by atoms with Gasteiger partial charge in [0.25, 0.3) is 0 Å². The van der Waals surface area contributed by atoms with E-state index in [0.29, 0.717) is 11.5 Å². The van der Waals surface area contributed by atoms with Crippen molar-refractivity contribution in [1.29, 1.82) is 0 Å². The molecule has 0 spiro atoms. The molecule has 0 bridgehead atoms. The molecule has 0 atom stereocenters. The van der Waals surface area contributed by atoms with Crippen LogP contribution >= 0.6 is 24.8 Å². The van der Waals surface area contributed by atoms with Crippen molar-refractivity contribution in [3.8, 4) is 11.5 Å². The van der Waals surface area contributed by atoms with Crippen molar-refractivity contribution in [1.82, 2.24) is 4.98 Å². The summed E-state index contributed by atoms with van der Waals surface area (Å²) < 4.78 is 2.02. The number of aromatic nitrogens is 1. The SMILES string of the molecule is Cc1ccc(O)c(C(C)(C)C)c1.Cc1ccc(O)c(C(C)(C)C)c1.Cl.Cl.[Ti]=[CH]c1cccnc1. The van der Waals surface area contributed by atoms with E-state index in [2.05, 4.69) is 46.5 Å². The number of aromatic hydroxyl groups is 2. The maximum absolute atomic E-state index is 9.57. The molecule has 0 aliphatic rings. The van der Waals surface area contributed by atoms with E-state index >= 15 is 0 Å². The molecule has 1 heterocycles. The second kappa shape index (κ2) is 15.4. The van der Waals surface area contributed by atoms with Gasteiger partial charge in [-0.05, 0) is 47.9 Å². The van der Waals surface area contributed by atoms with Gasteiger partial charge in [0.15, 0.2) is 0 Å². The molecule has 6 heteroatoms. The Bertz CT molecular complexity index is 950. The van der Waals surface area contributed by atoms with E-state index in [0.717, 1.165) is 11.1 Å². The van der Waals surface area contributed by atoms with Crippen LogP contribution in [0.2, 0.25) is 0 Å². The molecule has 3 rings (SSSR count). The van der Waals surface area contributed by atoms with E-state index in [4.69, 9.17) is 0 Å². The molecule has 2 aromatic carbocycles. The monoisotopic (exact) mass is 539 g/mol. The molecule has 0 fully saturated rings. The molecule has 186 valence electrons. The average molecular weight is 540 g/mol. The van der Waals surface area contributed by atoms with Crippen LogP contribution in [-0.2, 0) is 30.8 Å². The number of phenols is 2. The average Bonchev–Trinajstić information content (AvgIpc) is 2.71. The Balaban J connectivity index is 0. The Labute approximate surface area is 229 Å². The number of hydrogen-bond acceptors (Lipinski definition) is 3. The van der Waals surface area contributed by atoms with Crippen LogP contribution in [0.15, 0.2) is 60.9 Å². The molecule has 2 N–H and O–H groups in total. The van der Waals surface area contributed by atoms with E-state index < -0.39 is 0 Å². The summed E-state index contributed by atoms with van der Waals surface area (Å²) in [6, 6.07) is 15.4. The van der Waals surface area contributed by atoms with Crippen LogP contribution in [0, 0.1) is 13.8 Å². The first-order valence-electron chi connectivity index (χ1n) is 10.8.